The van der Waals surface area contributed by atoms with Crippen LogP contribution >= 0.6 is 0 Å². The Balaban J connectivity index is 1.22. The standard InChI is InChI=1S/C44H74O14/c1-22(12-18-43(9,54)39(2,3)4)23-14-19-44(38(52)53)25-10-11-28-40(5,6)29(15-16-41(28,7)24(25)13-17-42(23,44)8)57-37-34(51)35(31(48)27(21-46)56-37)58-36-33(50)32(49)30(47)26(20-45)55-36/h22-23,26-37,45-51,54H,10-21H2,1-9H3,(H,52,53)/t22-,23?,26-,27-,28+,29+,30-,31+,32+,33-,34-,35+,36+,37+,41-,42-,43?,44+/m1/s1. The molecule has 0 radical (unpaired) electrons. The van der Waals surface area contributed by atoms with Gasteiger partial charge in [0.2, 0.25) is 0 Å². The molecule has 2 unspecified atom stereocenters. The maximum Gasteiger partial charge on any atom is 0.314 e. The summed E-state index contributed by atoms with van der Waals surface area (Å²) in [6.45, 7) is 17.8. The molecule has 334 valence electrons. The van der Waals surface area contributed by atoms with Gasteiger partial charge in [-0.15, -0.1) is 0 Å². The van der Waals surface area contributed by atoms with Crippen molar-refractivity contribution in [1.29, 1.82) is 0 Å². The quantitative estimate of drug-likeness (QED) is 0.136. The molecule has 4 fully saturated rings. The number of hydrogen-bond acceptors (Lipinski definition) is 13. The zero-order valence-electron chi connectivity index (χ0n) is 36.1. The van der Waals surface area contributed by atoms with Crippen LogP contribution in [0.4, 0.5) is 0 Å². The SMILES string of the molecule is C[C@H](CCC(C)(O)C(C)(C)C)C1CC[C@@]2(C(=O)O)C3=C(CC[C@]12C)[C@@]1(C)CC[C@H](O[C@@H]2O[C@H](CO)[C@H](O)[C@H](O[C@@H]4O[C@H](CO)[C@@H](O)[C@H](O)[C@H]4O)[C@H]2O)C(C)(C)[C@@H]1CC3. The summed E-state index contributed by atoms with van der Waals surface area (Å²) >= 11 is 0. The molecule has 6 aliphatic rings. The monoisotopic (exact) mass is 827 g/mol. The minimum atomic E-state index is -1.78. The van der Waals surface area contributed by atoms with Crippen LogP contribution in [0.2, 0.25) is 0 Å². The van der Waals surface area contributed by atoms with Gasteiger partial charge in [0, 0.05) is 0 Å². The van der Waals surface area contributed by atoms with Gasteiger partial charge in [-0.05, 0) is 111 Å². The molecule has 58 heavy (non-hydrogen) atoms. The van der Waals surface area contributed by atoms with E-state index in [0.717, 1.165) is 44.1 Å². The van der Waals surface area contributed by atoms with Crippen LogP contribution in [0.5, 0.6) is 0 Å². The summed E-state index contributed by atoms with van der Waals surface area (Å²) < 4.78 is 23.9. The first-order valence-electron chi connectivity index (χ1n) is 21.8. The number of hydrogen-bond donors (Lipinski definition) is 9. The molecule has 0 aromatic heterocycles. The van der Waals surface area contributed by atoms with E-state index in [1.807, 2.05) is 6.92 Å². The van der Waals surface area contributed by atoms with Gasteiger partial charge >= 0.3 is 5.97 Å². The molecule has 2 heterocycles. The van der Waals surface area contributed by atoms with Gasteiger partial charge in [-0.3, -0.25) is 4.79 Å². The number of allylic oxidation sites excluding steroid dienone is 1. The van der Waals surface area contributed by atoms with Crippen LogP contribution in [0.1, 0.15) is 127 Å². The lowest BCUT2D eigenvalue weighted by molar-refractivity contribution is -0.368. The lowest BCUT2D eigenvalue weighted by Crippen LogP contribution is -2.65. The third-order valence-electron chi connectivity index (χ3n) is 17.2. The molecular formula is C44H74O14. The van der Waals surface area contributed by atoms with Crippen LogP contribution in [0.3, 0.4) is 0 Å². The first kappa shape index (κ1) is 46.2. The van der Waals surface area contributed by atoms with Gasteiger partial charge in [0.1, 0.15) is 48.8 Å². The topological polar surface area (TPSA) is 236 Å². The molecule has 0 spiro atoms. The molecule has 0 aromatic rings. The van der Waals surface area contributed by atoms with E-state index in [0.29, 0.717) is 25.7 Å². The zero-order chi connectivity index (χ0) is 43.1. The van der Waals surface area contributed by atoms with Crippen LogP contribution in [0, 0.1) is 44.8 Å². The highest BCUT2D eigenvalue weighted by atomic mass is 16.7. The number of carboxylic acid groups (broad SMARTS) is 1. The minimum Gasteiger partial charge on any atom is -0.481 e. The van der Waals surface area contributed by atoms with Crippen molar-refractivity contribution < 1.29 is 69.7 Å². The fourth-order valence-electron chi connectivity index (χ4n) is 12.9. The predicted molar refractivity (Wildman–Crippen MR) is 211 cm³/mol. The second-order valence-electron chi connectivity index (χ2n) is 21.3. The van der Waals surface area contributed by atoms with Crippen molar-refractivity contribution in [2.75, 3.05) is 13.2 Å². The largest absolute Gasteiger partial charge is 0.481 e. The first-order valence-corrected chi connectivity index (χ1v) is 21.8. The van der Waals surface area contributed by atoms with Gasteiger partial charge in [0.05, 0.1) is 30.3 Å². The van der Waals surface area contributed by atoms with Gasteiger partial charge in [-0.1, -0.05) is 66.5 Å². The van der Waals surface area contributed by atoms with E-state index in [9.17, 15) is 50.8 Å². The van der Waals surface area contributed by atoms with E-state index in [4.69, 9.17) is 18.9 Å². The third-order valence-corrected chi connectivity index (χ3v) is 17.2. The molecule has 2 saturated carbocycles. The predicted octanol–water partition coefficient (Wildman–Crippen LogP) is 3.02. The summed E-state index contributed by atoms with van der Waals surface area (Å²) in [6, 6.07) is 0. The fraction of sp³-hybridized carbons (Fsp3) is 0.932. The molecule has 2 saturated heterocycles. The number of rotatable bonds is 11. The molecule has 2 aliphatic heterocycles. The van der Waals surface area contributed by atoms with Crippen molar-refractivity contribution in [2.24, 2.45) is 44.8 Å². The molecule has 9 N–H and O–H groups in total. The molecule has 6 rings (SSSR count). The Hall–Kier alpha value is -1.27. The molecule has 14 nitrogen and oxygen atoms in total. The molecule has 18 atom stereocenters. The Morgan fingerprint density at radius 2 is 1.38 bits per heavy atom. The Kier molecular flexibility index (Phi) is 12.9. The Morgan fingerprint density at radius 3 is 1.97 bits per heavy atom. The first-order chi connectivity index (χ1) is 26.8. The number of aliphatic carboxylic acids is 1. The summed E-state index contributed by atoms with van der Waals surface area (Å²) in [4.78, 5) is 13.8. The smallest absolute Gasteiger partial charge is 0.314 e. The van der Waals surface area contributed by atoms with E-state index in [-0.39, 0.29) is 28.6 Å². The second-order valence-corrected chi connectivity index (χ2v) is 21.3. The normalized spacial score (nSPS) is 47.1. The molecule has 0 bridgehead atoms. The fourth-order valence-corrected chi connectivity index (χ4v) is 12.9. The summed E-state index contributed by atoms with van der Waals surface area (Å²) in [5.74, 6) is -0.144. The lowest BCUT2D eigenvalue weighted by atomic mass is 9.43. The van der Waals surface area contributed by atoms with Crippen LogP contribution in [-0.2, 0) is 23.7 Å². The van der Waals surface area contributed by atoms with Crippen molar-refractivity contribution in [1.82, 2.24) is 0 Å². The zero-order valence-corrected chi connectivity index (χ0v) is 36.1. The number of aliphatic hydroxyl groups is 8. The van der Waals surface area contributed by atoms with Crippen molar-refractivity contribution in [2.45, 2.75) is 200 Å². The van der Waals surface area contributed by atoms with Gasteiger partial charge in [-0.25, -0.2) is 0 Å². The maximum atomic E-state index is 13.8. The average Bonchev–Trinajstić information content (AvgIpc) is 3.48. The van der Waals surface area contributed by atoms with E-state index < -0.39 is 109 Å². The minimum absolute atomic E-state index is 0.101. The second kappa shape index (κ2) is 16.1. The molecule has 0 aromatic carbocycles. The maximum absolute atomic E-state index is 13.8. The van der Waals surface area contributed by atoms with Crippen molar-refractivity contribution in [3.63, 3.8) is 0 Å². The number of carboxylic acids is 1. The molecule has 4 aliphatic carbocycles. The van der Waals surface area contributed by atoms with Crippen molar-refractivity contribution >= 4 is 5.97 Å². The van der Waals surface area contributed by atoms with Crippen molar-refractivity contribution in [3.8, 4) is 0 Å². The van der Waals surface area contributed by atoms with E-state index in [2.05, 4.69) is 55.4 Å². The van der Waals surface area contributed by atoms with Gasteiger partial charge in [-0.2, -0.15) is 0 Å². The van der Waals surface area contributed by atoms with E-state index in [1.54, 1.807) is 0 Å². The molecule has 0 amide bonds. The van der Waals surface area contributed by atoms with Gasteiger partial charge in [0.25, 0.3) is 0 Å². The summed E-state index contributed by atoms with van der Waals surface area (Å²) in [7, 11) is 0. The highest BCUT2D eigenvalue weighted by Gasteiger charge is 2.68. The number of fused-ring (bicyclic) bond motifs is 4. The Morgan fingerprint density at radius 1 is 0.776 bits per heavy atom. The third kappa shape index (κ3) is 7.24. The summed E-state index contributed by atoms with van der Waals surface area (Å²) in [5, 5.41) is 96.2. The summed E-state index contributed by atoms with van der Waals surface area (Å²) in [6.07, 6.45) is -8.55. The average molecular weight is 827 g/mol. The van der Waals surface area contributed by atoms with Crippen molar-refractivity contribution in [3.05, 3.63) is 11.1 Å². The van der Waals surface area contributed by atoms with Crippen LogP contribution < -0.4 is 0 Å². The van der Waals surface area contributed by atoms with E-state index in [1.165, 1.54) is 5.57 Å². The highest BCUT2D eigenvalue weighted by Crippen LogP contribution is 2.73. The van der Waals surface area contributed by atoms with Crippen LogP contribution in [-0.4, -0.2) is 138 Å². The molecular weight excluding hydrogens is 752 g/mol. The summed E-state index contributed by atoms with van der Waals surface area (Å²) in [5.41, 5.74) is -0.839. The van der Waals surface area contributed by atoms with E-state index >= 15 is 0 Å². The molecule has 14 heteroatoms. The number of aliphatic hydroxyl groups excluding tert-OH is 7. The number of carbonyl (C=O) groups is 1. The van der Waals surface area contributed by atoms with Gasteiger partial charge in [0.15, 0.2) is 12.6 Å². The highest BCUT2D eigenvalue weighted by molar-refractivity contribution is 5.82. The number of ether oxygens (including phenoxy) is 4. The Labute approximate surface area is 343 Å². The van der Waals surface area contributed by atoms with Crippen LogP contribution in [0.25, 0.3) is 0 Å². The van der Waals surface area contributed by atoms with Gasteiger partial charge < -0.3 is 64.9 Å². The lowest BCUT2D eigenvalue weighted by Gasteiger charge is -2.62. The van der Waals surface area contributed by atoms with Crippen LogP contribution in [0.15, 0.2) is 11.1 Å². The Bertz CT molecular complexity index is 1520.